The van der Waals surface area contributed by atoms with Gasteiger partial charge in [0.15, 0.2) is 0 Å². The van der Waals surface area contributed by atoms with Gasteiger partial charge in [-0.05, 0) is 31.2 Å². The van der Waals surface area contributed by atoms with Gasteiger partial charge in [-0.2, -0.15) is 0 Å². The summed E-state index contributed by atoms with van der Waals surface area (Å²) in [6.07, 6.45) is 0. The van der Waals surface area contributed by atoms with Crippen molar-refractivity contribution in [3.05, 3.63) is 29.8 Å². The maximum Gasteiger partial charge on any atom is 0.251 e. The highest BCUT2D eigenvalue weighted by Gasteiger charge is 2.08. The molecule has 0 unspecified atom stereocenters. The Hall–Kier alpha value is -1.84. The van der Waals surface area contributed by atoms with E-state index in [0.29, 0.717) is 17.8 Å². The van der Waals surface area contributed by atoms with Gasteiger partial charge >= 0.3 is 0 Å². The normalized spacial score (nSPS) is 9.37. The molecule has 106 valence electrons. The zero-order valence-electron chi connectivity index (χ0n) is 12.4. The van der Waals surface area contributed by atoms with Crippen molar-refractivity contribution < 1.29 is 9.59 Å². The van der Waals surface area contributed by atoms with Crippen LogP contribution in [0.1, 0.15) is 45.0 Å². The van der Waals surface area contributed by atoms with E-state index in [2.05, 4.69) is 10.6 Å². The van der Waals surface area contributed by atoms with Crippen LogP contribution in [0.5, 0.6) is 0 Å². The number of hydrogen-bond donors (Lipinski definition) is 2. The van der Waals surface area contributed by atoms with Gasteiger partial charge in [-0.25, -0.2) is 0 Å². The van der Waals surface area contributed by atoms with Crippen molar-refractivity contribution in [1.29, 1.82) is 0 Å². The van der Waals surface area contributed by atoms with Crippen molar-refractivity contribution >= 4 is 17.5 Å². The van der Waals surface area contributed by atoms with Crippen LogP contribution in [0.4, 0.5) is 5.69 Å². The SMILES string of the molecule is CC.CCNC(=O)c1ccc(NC(=O)C(C)C)cc1. The number of hydrogen-bond acceptors (Lipinski definition) is 2. The standard InChI is InChI=1S/C13H18N2O2.C2H6/c1-4-14-13(17)10-5-7-11(8-6-10)15-12(16)9(2)3;1-2/h5-9H,4H2,1-3H3,(H,14,17)(H,15,16);1-2H3. The van der Waals surface area contributed by atoms with Gasteiger partial charge in [0.05, 0.1) is 0 Å². The first kappa shape index (κ1) is 17.2. The van der Waals surface area contributed by atoms with Crippen LogP contribution < -0.4 is 10.6 Å². The minimum atomic E-state index is -0.103. The van der Waals surface area contributed by atoms with Crippen molar-refractivity contribution in [1.82, 2.24) is 5.32 Å². The predicted octanol–water partition coefficient (Wildman–Crippen LogP) is 3.06. The molecule has 4 heteroatoms. The van der Waals surface area contributed by atoms with Crippen LogP contribution in [0.3, 0.4) is 0 Å². The molecule has 4 nitrogen and oxygen atoms in total. The summed E-state index contributed by atoms with van der Waals surface area (Å²) in [6, 6.07) is 6.84. The Labute approximate surface area is 115 Å². The molecular formula is C15H24N2O2. The maximum absolute atomic E-state index is 11.5. The summed E-state index contributed by atoms with van der Waals surface area (Å²) in [5, 5.41) is 5.48. The Morgan fingerprint density at radius 2 is 1.63 bits per heavy atom. The molecule has 0 bridgehead atoms. The molecule has 0 aliphatic carbocycles. The minimum absolute atomic E-state index is 0.0317. The van der Waals surface area contributed by atoms with Crippen LogP contribution >= 0.6 is 0 Å². The first-order chi connectivity index (χ1) is 9.04. The lowest BCUT2D eigenvalue weighted by molar-refractivity contribution is -0.118. The lowest BCUT2D eigenvalue weighted by Crippen LogP contribution is -2.22. The Balaban J connectivity index is 0.00000154. The van der Waals surface area contributed by atoms with E-state index in [1.54, 1.807) is 24.3 Å². The third-order valence-electron chi connectivity index (χ3n) is 2.28. The number of rotatable bonds is 4. The van der Waals surface area contributed by atoms with Crippen LogP contribution in [0.15, 0.2) is 24.3 Å². The predicted molar refractivity (Wildman–Crippen MR) is 79.3 cm³/mol. The van der Waals surface area contributed by atoms with Crippen molar-refractivity contribution in [2.75, 3.05) is 11.9 Å². The van der Waals surface area contributed by atoms with Gasteiger partial charge in [0, 0.05) is 23.7 Å². The van der Waals surface area contributed by atoms with Gasteiger partial charge in [-0.1, -0.05) is 27.7 Å². The van der Waals surface area contributed by atoms with Gasteiger partial charge < -0.3 is 10.6 Å². The molecule has 0 aliphatic heterocycles. The first-order valence-electron chi connectivity index (χ1n) is 6.73. The van der Waals surface area contributed by atoms with E-state index in [9.17, 15) is 9.59 Å². The molecule has 0 spiro atoms. The third kappa shape index (κ3) is 6.04. The molecule has 0 aromatic heterocycles. The summed E-state index contributed by atoms with van der Waals surface area (Å²) in [5.41, 5.74) is 1.30. The molecule has 0 saturated carbocycles. The maximum atomic E-state index is 11.5. The number of benzene rings is 1. The highest BCUT2D eigenvalue weighted by atomic mass is 16.2. The van der Waals surface area contributed by atoms with Crippen LogP contribution in [-0.4, -0.2) is 18.4 Å². The van der Waals surface area contributed by atoms with Crippen LogP contribution in [0, 0.1) is 5.92 Å². The van der Waals surface area contributed by atoms with Crippen LogP contribution in [0.25, 0.3) is 0 Å². The Bertz CT molecular complexity index is 397. The summed E-state index contributed by atoms with van der Waals surface area (Å²) in [6.45, 7) is 10.1. The van der Waals surface area contributed by atoms with Crippen LogP contribution in [-0.2, 0) is 4.79 Å². The van der Waals surface area contributed by atoms with Crippen molar-refractivity contribution in [2.24, 2.45) is 5.92 Å². The largest absolute Gasteiger partial charge is 0.352 e. The molecule has 2 N–H and O–H groups in total. The van der Waals surface area contributed by atoms with E-state index in [4.69, 9.17) is 0 Å². The van der Waals surface area contributed by atoms with Gasteiger partial charge in [0.25, 0.3) is 5.91 Å². The van der Waals surface area contributed by atoms with Gasteiger partial charge in [-0.3, -0.25) is 9.59 Å². The number of nitrogens with one attached hydrogen (secondary N) is 2. The van der Waals surface area contributed by atoms with Crippen LogP contribution in [0.2, 0.25) is 0 Å². The lowest BCUT2D eigenvalue weighted by atomic mass is 10.1. The van der Waals surface area contributed by atoms with Gasteiger partial charge in [-0.15, -0.1) is 0 Å². The molecule has 0 fully saturated rings. The van der Waals surface area contributed by atoms with E-state index in [-0.39, 0.29) is 17.7 Å². The third-order valence-corrected chi connectivity index (χ3v) is 2.28. The molecule has 1 aromatic carbocycles. The number of carbonyl (C=O) groups is 2. The second-order valence-corrected chi connectivity index (χ2v) is 4.08. The molecule has 19 heavy (non-hydrogen) atoms. The average molecular weight is 264 g/mol. The molecule has 0 saturated heterocycles. The average Bonchev–Trinajstić information content (AvgIpc) is 2.42. The van der Waals surface area contributed by atoms with Crippen molar-refractivity contribution in [2.45, 2.75) is 34.6 Å². The molecule has 0 heterocycles. The first-order valence-corrected chi connectivity index (χ1v) is 6.73. The van der Waals surface area contributed by atoms with E-state index in [1.165, 1.54) is 0 Å². The Kier molecular flexibility index (Phi) is 8.25. The van der Waals surface area contributed by atoms with Crippen molar-refractivity contribution in [3.8, 4) is 0 Å². The zero-order chi connectivity index (χ0) is 14.8. The topological polar surface area (TPSA) is 58.2 Å². The number of amides is 2. The van der Waals surface area contributed by atoms with E-state index >= 15 is 0 Å². The fourth-order valence-electron chi connectivity index (χ4n) is 1.25. The van der Waals surface area contributed by atoms with E-state index in [1.807, 2.05) is 34.6 Å². The highest BCUT2D eigenvalue weighted by Crippen LogP contribution is 2.10. The monoisotopic (exact) mass is 264 g/mol. The van der Waals surface area contributed by atoms with Crippen molar-refractivity contribution in [3.63, 3.8) is 0 Å². The fourth-order valence-corrected chi connectivity index (χ4v) is 1.25. The van der Waals surface area contributed by atoms with Gasteiger partial charge in [0.2, 0.25) is 5.91 Å². The number of carbonyl (C=O) groups excluding carboxylic acids is 2. The molecular weight excluding hydrogens is 240 g/mol. The summed E-state index contributed by atoms with van der Waals surface area (Å²) in [5.74, 6) is -0.192. The minimum Gasteiger partial charge on any atom is -0.352 e. The molecule has 1 aromatic rings. The molecule has 0 atom stereocenters. The Morgan fingerprint density at radius 3 is 2.05 bits per heavy atom. The smallest absolute Gasteiger partial charge is 0.251 e. The summed E-state index contributed by atoms with van der Waals surface area (Å²) in [4.78, 5) is 22.9. The summed E-state index contributed by atoms with van der Waals surface area (Å²) >= 11 is 0. The fraction of sp³-hybridized carbons (Fsp3) is 0.467. The van der Waals surface area contributed by atoms with E-state index < -0.39 is 0 Å². The molecule has 1 rings (SSSR count). The summed E-state index contributed by atoms with van der Waals surface area (Å²) < 4.78 is 0. The zero-order valence-corrected chi connectivity index (χ0v) is 12.4. The highest BCUT2D eigenvalue weighted by molar-refractivity contribution is 5.96. The quantitative estimate of drug-likeness (QED) is 0.878. The molecule has 2 amide bonds. The summed E-state index contributed by atoms with van der Waals surface area (Å²) in [7, 11) is 0. The molecule has 0 radical (unpaired) electrons. The Morgan fingerprint density at radius 1 is 1.11 bits per heavy atom. The van der Waals surface area contributed by atoms with Gasteiger partial charge in [0.1, 0.15) is 0 Å². The second kappa shape index (κ2) is 9.14. The molecule has 0 aliphatic rings. The second-order valence-electron chi connectivity index (χ2n) is 4.08. The van der Waals surface area contributed by atoms with E-state index in [0.717, 1.165) is 0 Å². The number of anilines is 1. The lowest BCUT2D eigenvalue weighted by Gasteiger charge is -2.08.